The zero-order chi connectivity index (χ0) is 13.3. The molecule has 2 rings (SSSR count). The van der Waals surface area contributed by atoms with Crippen LogP contribution >= 0.6 is 11.6 Å². The summed E-state index contributed by atoms with van der Waals surface area (Å²) in [6.45, 7) is 1.81. The molecule has 94 valence electrons. The van der Waals surface area contributed by atoms with E-state index in [1.807, 2.05) is 6.92 Å². The third-order valence-corrected chi connectivity index (χ3v) is 2.94. The van der Waals surface area contributed by atoms with Crippen molar-refractivity contribution in [3.05, 3.63) is 52.6 Å². The molecule has 2 aromatic carbocycles. The minimum Gasteiger partial charge on any atom is -0.397 e. The number of nitrogens with one attached hydrogen (secondary N) is 1. The van der Waals surface area contributed by atoms with E-state index >= 15 is 0 Å². The highest BCUT2D eigenvalue weighted by molar-refractivity contribution is 6.31. The van der Waals surface area contributed by atoms with Gasteiger partial charge in [-0.15, -0.1) is 0 Å². The zero-order valence-electron chi connectivity index (χ0n) is 9.60. The van der Waals surface area contributed by atoms with Gasteiger partial charge in [-0.05, 0) is 36.8 Å². The topological polar surface area (TPSA) is 38.0 Å². The van der Waals surface area contributed by atoms with Gasteiger partial charge in [0.25, 0.3) is 0 Å². The summed E-state index contributed by atoms with van der Waals surface area (Å²) in [6.07, 6.45) is 0. The van der Waals surface area contributed by atoms with Gasteiger partial charge in [0.2, 0.25) is 0 Å². The van der Waals surface area contributed by atoms with Gasteiger partial charge in [-0.2, -0.15) is 0 Å². The fourth-order valence-electron chi connectivity index (χ4n) is 1.54. The van der Waals surface area contributed by atoms with Gasteiger partial charge in [0.15, 0.2) is 0 Å². The Morgan fingerprint density at radius 3 is 2.50 bits per heavy atom. The van der Waals surface area contributed by atoms with E-state index in [4.69, 9.17) is 17.3 Å². The molecule has 0 fully saturated rings. The van der Waals surface area contributed by atoms with Crippen LogP contribution in [0.1, 0.15) is 5.56 Å². The molecule has 3 N–H and O–H groups in total. The minimum atomic E-state index is -0.679. The predicted octanol–water partition coefficient (Wildman–Crippen LogP) is 4.25. The molecule has 0 bridgehead atoms. The van der Waals surface area contributed by atoms with Gasteiger partial charge in [0.1, 0.15) is 11.6 Å². The second kappa shape index (κ2) is 4.82. The molecule has 0 aliphatic carbocycles. The van der Waals surface area contributed by atoms with Crippen LogP contribution in [0.25, 0.3) is 0 Å². The number of anilines is 3. The maximum absolute atomic E-state index is 13.5. The summed E-state index contributed by atoms with van der Waals surface area (Å²) in [7, 11) is 0. The van der Waals surface area contributed by atoms with E-state index in [1.54, 1.807) is 12.1 Å². The Bertz CT molecular complexity index is 600. The third-order valence-electron chi connectivity index (χ3n) is 2.53. The van der Waals surface area contributed by atoms with Crippen molar-refractivity contribution in [2.75, 3.05) is 11.1 Å². The first-order valence-electron chi connectivity index (χ1n) is 5.25. The lowest BCUT2D eigenvalue weighted by atomic mass is 10.2. The van der Waals surface area contributed by atoms with Crippen LogP contribution in [-0.2, 0) is 0 Å². The van der Waals surface area contributed by atoms with Crippen molar-refractivity contribution in [1.82, 2.24) is 0 Å². The molecule has 2 nitrogen and oxygen atoms in total. The zero-order valence-corrected chi connectivity index (χ0v) is 10.4. The van der Waals surface area contributed by atoms with E-state index in [0.717, 1.165) is 11.6 Å². The Morgan fingerprint density at radius 1 is 1.11 bits per heavy atom. The summed E-state index contributed by atoms with van der Waals surface area (Å²) >= 11 is 5.91. The molecule has 0 aliphatic rings. The summed E-state index contributed by atoms with van der Waals surface area (Å²) in [5.41, 5.74) is 7.68. The van der Waals surface area contributed by atoms with Crippen LogP contribution in [0.5, 0.6) is 0 Å². The predicted molar refractivity (Wildman–Crippen MR) is 70.2 cm³/mol. The molecule has 18 heavy (non-hydrogen) atoms. The van der Waals surface area contributed by atoms with E-state index in [9.17, 15) is 8.78 Å². The van der Waals surface area contributed by atoms with Crippen LogP contribution in [-0.4, -0.2) is 0 Å². The molecule has 0 amide bonds. The largest absolute Gasteiger partial charge is 0.397 e. The van der Waals surface area contributed by atoms with Crippen LogP contribution in [0, 0.1) is 18.6 Å². The molecule has 0 saturated heterocycles. The molecule has 0 unspecified atom stereocenters. The Kier molecular flexibility index (Phi) is 3.39. The molecule has 0 aliphatic heterocycles. The monoisotopic (exact) mass is 268 g/mol. The smallest absolute Gasteiger partial charge is 0.149 e. The van der Waals surface area contributed by atoms with Gasteiger partial charge in [-0.25, -0.2) is 8.78 Å². The van der Waals surface area contributed by atoms with Crippen molar-refractivity contribution in [2.45, 2.75) is 6.92 Å². The van der Waals surface area contributed by atoms with Gasteiger partial charge in [-0.1, -0.05) is 11.6 Å². The number of nitrogens with two attached hydrogens (primary N) is 1. The first kappa shape index (κ1) is 12.6. The highest BCUT2D eigenvalue weighted by Crippen LogP contribution is 2.30. The Balaban J connectivity index is 2.37. The molecule has 0 radical (unpaired) electrons. The fourth-order valence-corrected chi connectivity index (χ4v) is 1.71. The van der Waals surface area contributed by atoms with Crippen LogP contribution in [0.2, 0.25) is 5.02 Å². The average molecular weight is 269 g/mol. The number of aryl methyl sites for hydroxylation is 1. The third kappa shape index (κ3) is 2.54. The van der Waals surface area contributed by atoms with Gasteiger partial charge < -0.3 is 11.1 Å². The molecule has 0 aromatic heterocycles. The summed E-state index contributed by atoms with van der Waals surface area (Å²) in [5, 5.41) is 3.35. The highest BCUT2D eigenvalue weighted by Gasteiger charge is 2.08. The Hall–Kier alpha value is -1.81. The maximum Gasteiger partial charge on any atom is 0.149 e. The van der Waals surface area contributed by atoms with E-state index in [-0.39, 0.29) is 5.69 Å². The van der Waals surface area contributed by atoms with Crippen molar-refractivity contribution in [3.63, 3.8) is 0 Å². The number of nitrogen functional groups attached to an aromatic ring is 1. The summed E-state index contributed by atoms with van der Waals surface area (Å²) in [6, 6.07) is 6.58. The fraction of sp³-hybridized carbons (Fsp3) is 0.0769. The first-order valence-corrected chi connectivity index (χ1v) is 5.63. The molecular formula is C13H11ClF2N2. The summed E-state index contributed by atoms with van der Waals surface area (Å²) in [4.78, 5) is 0. The van der Waals surface area contributed by atoms with Crippen molar-refractivity contribution < 1.29 is 8.78 Å². The quantitative estimate of drug-likeness (QED) is 0.799. The summed E-state index contributed by atoms with van der Waals surface area (Å²) < 4.78 is 26.3. The molecule has 2 aromatic rings. The highest BCUT2D eigenvalue weighted by atomic mass is 35.5. The molecular weight excluding hydrogens is 258 g/mol. The van der Waals surface area contributed by atoms with E-state index < -0.39 is 11.6 Å². The number of hydrogen-bond donors (Lipinski definition) is 2. The lowest BCUT2D eigenvalue weighted by Crippen LogP contribution is -1.99. The Morgan fingerprint density at radius 2 is 1.83 bits per heavy atom. The van der Waals surface area contributed by atoms with Gasteiger partial charge >= 0.3 is 0 Å². The van der Waals surface area contributed by atoms with Gasteiger partial charge in [0.05, 0.1) is 17.1 Å². The van der Waals surface area contributed by atoms with Crippen molar-refractivity contribution in [1.29, 1.82) is 0 Å². The lowest BCUT2D eigenvalue weighted by Gasteiger charge is -2.12. The number of benzene rings is 2. The maximum atomic E-state index is 13.5. The van der Waals surface area contributed by atoms with E-state index in [2.05, 4.69) is 5.32 Å². The number of halogens is 3. The average Bonchev–Trinajstić information content (AvgIpc) is 2.29. The van der Waals surface area contributed by atoms with Crippen LogP contribution < -0.4 is 11.1 Å². The van der Waals surface area contributed by atoms with Crippen LogP contribution in [0.4, 0.5) is 25.8 Å². The second-order valence-corrected chi connectivity index (χ2v) is 4.35. The first-order chi connectivity index (χ1) is 8.47. The van der Waals surface area contributed by atoms with E-state index in [0.29, 0.717) is 16.4 Å². The number of rotatable bonds is 2. The molecule has 0 heterocycles. The van der Waals surface area contributed by atoms with Crippen LogP contribution in [0.3, 0.4) is 0 Å². The molecule has 0 saturated carbocycles. The molecule has 0 spiro atoms. The standard InChI is InChI=1S/C13H11ClF2N2/c1-7-4-13(11(17)6-9(7)14)18-12-3-2-8(15)5-10(12)16/h2-6,18H,17H2,1H3. The molecule has 5 heteroatoms. The van der Waals surface area contributed by atoms with Gasteiger partial charge in [-0.3, -0.25) is 0 Å². The van der Waals surface area contributed by atoms with Crippen molar-refractivity contribution in [2.24, 2.45) is 0 Å². The van der Waals surface area contributed by atoms with Crippen LogP contribution in [0.15, 0.2) is 30.3 Å². The van der Waals surface area contributed by atoms with Gasteiger partial charge in [0, 0.05) is 11.1 Å². The van der Waals surface area contributed by atoms with Crippen molar-refractivity contribution >= 4 is 28.7 Å². The van der Waals surface area contributed by atoms with E-state index in [1.165, 1.54) is 12.1 Å². The number of hydrogen-bond acceptors (Lipinski definition) is 2. The normalized spacial score (nSPS) is 10.4. The van der Waals surface area contributed by atoms with Crippen molar-refractivity contribution in [3.8, 4) is 0 Å². The SMILES string of the molecule is Cc1cc(Nc2ccc(F)cc2F)c(N)cc1Cl. The second-order valence-electron chi connectivity index (χ2n) is 3.94. The minimum absolute atomic E-state index is 0.157. The summed E-state index contributed by atoms with van der Waals surface area (Å²) in [5.74, 6) is -1.31. The molecule has 0 atom stereocenters. The Labute approximate surface area is 108 Å². The lowest BCUT2D eigenvalue weighted by molar-refractivity contribution is 0.586.